The van der Waals surface area contributed by atoms with E-state index in [0.29, 0.717) is 24.7 Å². The number of amides is 1. The van der Waals surface area contributed by atoms with E-state index in [2.05, 4.69) is 20.0 Å². The van der Waals surface area contributed by atoms with E-state index in [-0.39, 0.29) is 22.9 Å². The molecule has 2 spiro atoms. The maximum Gasteiger partial charge on any atom is 0.387 e. The van der Waals surface area contributed by atoms with Gasteiger partial charge in [0.1, 0.15) is 29.4 Å². The molecule has 1 fully saturated rings. The quantitative estimate of drug-likeness (QED) is 0.746. The number of rotatable bonds is 4. The molecule has 1 aliphatic carbocycles. The van der Waals surface area contributed by atoms with Crippen LogP contribution in [0.5, 0.6) is 5.75 Å². The molecular formula is C22H20F2N4O4. The Hall–Kier alpha value is -3.69. The minimum atomic E-state index is -2.99. The highest BCUT2D eigenvalue weighted by Gasteiger charge is 2.66. The lowest BCUT2D eigenvalue weighted by Crippen LogP contribution is -2.44. The fraction of sp³-hybridized carbons (Fsp3) is 0.318. The van der Waals surface area contributed by atoms with Crippen LogP contribution in [0.15, 0.2) is 63.9 Å². The van der Waals surface area contributed by atoms with Crippen LogP contribution in [0, 0.1) is 5.41 Å². The number of anilines is 1. The van der Waals surface area contributed by atoms with Crippen molar-refractivity contribution in [3.63, 3.8) is 0 Å². The first-order chi connectivity index (χ1) is 15.4. The minimum Gasteiger partial charge on any atom is -0.493 e. The van der Waals surface area contributed by atoms with Crippen LogP contribution in [0.4, 0.5) is 14.5 Å². The zero-order valence-electron chi connectivity index (χ0n) is 16.9. The Bertz CT molecular complexity index is 1120. The van der Waals surface area contributed by atoms with Gasteiger partial charge in [-0.15, -0.1) is 0 Å². The number of benzene rings is 1. The van der Waals surface area contributed by atoms with Crippen molar-refractivity contribution in [3.8, 4) is 5.75 Å². The van der Waals surface area contributed by atoms with E-state index in [1.807, 2.05) is 6.07 Å². The molecule has 3 N–H and O–H groups in total. The number of nitrogens with zero attached hydrogens (tertiary/aromatic N) is 2. The van der Waals surface area contributed by atoms with E-state index in [1.165, 1.54) is 24.3 Å². The lowest BCUT2D eigenvalue weighted by molar-refractivity contribution is -0.112. The molecular weight excluding hydrogens is 422 g/mol. The molecule has 1 aromatic carbocycles. The molecule has 8 nitrogen and oxygen atoms in total. The molecule has 0 saturated heterocycles. The number of hydrogen-bond acceptors (Lipinski definition) is 7. The Kier molecular flexibility index (Phi) is 4.72. The lowest BCUT2D eigenvalue weighted by atomic mass is 9.74. The van der Waals surface area contributed by atoms with Crippen molar-refractivity contribution < 1.29 is 27.8 Å². The number of carbonyl (C=O) groups is 1. The first-order valence-corrected chi connectivity index (χ1v) is 10.1. The van der Waals surface area contributed by atoms with Crippen molar-refractivity contribution in [3.05, 3.63) is 59.5 Å². The van der Waals surface area contributed by atoms with E-state index < -0.39 is 18.1 Å². The summed E-state index contributed by atoms with van der Waals surface area (Å²) in [5.41, 5.74) is 6.41. The maximum atomic E-state index is 12.8. The van der Waals surface area contributed by atoms with Gasteiger partial charge in [0, 0.05) is 16.7 Å². The van der Waals surface area contributed by atoms with Gasteiger partial charge in [0.05, 0.1) is 12.8 Å². The summed E-state index contributed by atoms with van der Waals surface area (Å²) in [6.45, 7) is -2.12. The van der Waals surface area contributed by atoms with Gasteiger partial charge < -0.3 is 25.3 Å². The highest BCUT2D eigenvalue weighted by atomic mass is 19.3. The van der Waals surface area contributed by atoms with Gasteiger partial charge in [0.2, 0.25) is 0 Å². The van der Waals surface area contributed by atoms with Crippen LogP contribution in [-0.4, -0.2) is 38.0 Å². The van der Waals surface area contributed by atoms with Gasteiger partial charge in [-0.1, -0.05) is 12.2 Å². The molecule has 0 aromatic heterocycles. The Morgan fingerprint density at radius 1 is 1.19 bits per heavy atom. The SMILES string of the molecule is NC1=NC2(CO1)c1cc(NC(=O)C3=C/C=C/C=C(OC(F)F)/C=N\3)ccc1OCC21CC1. The number of fused-ring (bicyclic) bond motifs is 3. The molecule has 3 aliphatic heterocycles. The van der Waals surface area contributed by atoms with Crippen molar-refractivity contribution >= 4 is 23.8 Å². The third-order valence-corrected chi connectivity index (χ3v) is 6.06. The maximum absolute atomic E-state index is 12.8. The zero-order valence-corrected chi connectivity index (χ0v) is 16.9. The summed E-state index contributed by atoms with van der Waals surface area (Å²) in [5.74, 6) is 0.00306. The standard InChI is InChI=1S/C22H20F2N4O4/c23-19(24)32-14-3-1-2-4-16(26-10-14)18(29)27-13-5-6-17-15(9-13)22(12-31-20(25)28-22)21(7-8-21)11-30-17/h1-6,9-10,19H,7-8,11-12H2,(H2,25,28)(H,27,29)/b2-1+,3-1?,4-2?,14-3-,14-10?,16-4-,26-10-,26-16?. The molecule has 1 amide bonds. The average molecular weight is 442 g/mol. The van der Waals surface area contributed by atoms with Gasteiger partial charge in [0.15, 0.2) is 0 Å². The van der Waals surface area contributed by atoms with Crippen LogP contribution in [-0.2, 0) is 19.8 Å². The summed E-state index contributed by atoms with van der Waals surface area (Å²) in [7, 11) is 0. The smallest absolute Gasteiger partial charge is 0.387 e. The largest absolute Gasteiger partial charge is 0.493 e. The highest BCUT2D eigenvalue weighted by Crippen LogP contribution is 2.65. The second-order valence-corrected chi connectivity index (χ2v) is 7.98. The first-order valence-electron chi connectivity index (χ1n) is 10.1. The fourth-order valence-electron chi connectivity index (χ4n) is 4.25. The third kappa shape index (κ3) is 3.41. The van der Waals surface area contributed by atoms with Gasteiger partial charge in [-0.3, -0.25) is 4.79 Å². The van der Waals surface area contributed by atoms with Crippen LogP contribution in [0.25, 0.3) is 0 Å². The molecule has 1 unspecified atom stereocenters. The monoisotopic (exact) mass is 442 g/mol. The summed E-state index contributed by atoms with van der Waals surface area (Å²) < 4.78 is 40.8. The molecule has 5 rings (SSSR count). The number of alkyl halides is 2. The van der Waals surface area contributed by atoms with Crippen molar-refractivity contribution in [2.75, 3.05) is 18.5 Å². The van der Waals surface area contributed by atoms with E-state index in [1.54, 1.807) is 12.1 Å². The summed E-state index contributed by atoms with van der Waals surface area (Å²) in [6, 6.07) is 5.45. The molecule has 32 heavy (non-hydrogen) atoms. The number of ether oxygens (including phenoxy) is 3. The van der Waals surface area contributed by atoms with E-state index in [9.17, 15) is 13.6 Å². The molecule has 166 valence electrons. The lowest BCUT2D eigenvalue weighted by Gasteiger charge is -2.39. The van der Waals surface area contributed by atoms with Crippen LogP contribution in [0.1, 0.15) is 18.4 Å². The van der Waals surface area contributed by atoms with Gasteiger partial charge in [0.25, 0.3) is 11.9 Å². The van der Waals surface area contributed by atoms with Crippen molar-refractivity contribution in [2.45, 2.75) is 25.0 Å². The second kappa shape index (κ2) is 7.47. The summed E-state index contributed by atoms with van der Waals surface area (Å²) in [6.07, 6.45) is 8.77. The number of amidine groups is 1. The second-order valence-electron chi connectivity index (χ2n) is 7.98. The normalized spacial score (nSPS) is 29.8. The van der Waals surface area contributed by atoms with Crippen LogP contribution >= 0.6 is 0 Å². The Morgan fingerprint density at radius 3 is 2.72 bits per heavy atom. The topological polar surface area (TPSA) is 108 Å². The van der Waals surface area contributed by atoms with Gasteiger partial charge in [-0.05, 0) is 43.2 Å². The van der Waals surface area contributed by atoms with Gasteiger partial charge in [-0.2, -0.15) is 8.78 Å². The zero-order chi connectivity index (χ0) is 22.3. The number of halogens is 2. The summed E-state index contributed by atoms with van der Waals surface area (Å²) >= 11 is 0. The molecule has 4 aliphatic rings. The molecule has 1 aromatic rings. The molecule has 1 atom stereocenters. The molecule has 0 radical (unpaired) electrons. The van der Waals surface area contributed by atoms with Crippen LogP contribution in [0.2, 0.25) is 0 Å². The van der Waals surface area contributed by atoms with E-state index in [4.69, 9.17) is 15.2 Å². The highest BCUT2D eigenvalue weighted by molar-refractivity contribution is 6.05. The van der Waals surface area contributed by atoms with E-state index >= 15 is 0 Å². The number of nitrogens with one attached hydrogen (secondary N) is 1. The Labute approximate surface area is 182 Å². The number of hydrogen-bond donors (Lipinski definition) is 2. The predicted octanol–water partition coefficient (Wildman–Crippen LogP) is 2.99. The Balaban J connectivity index is 1.40. The number of nitrogens with two attached hydrogens (primary N) is 1. The molecule has 10 heteroatoms. The number of carbonyl (C=O) groups excluding carboxylic acids is 1. The predicted molar refractivity (Wildman–Crippen MR) is 112 cm³/mol. The number of aliphatic imine (C=N–C) groups is 2. The van der Waals surface area contributed by atoms with Crippen molar-refractivity contribution in [2.24, 2.45) is 21.1 Å². The van der Waals surface area contributed by atoms with Gasteiger partial charge in [-0.25, -0.2) is 9.98 Å². The van der Waals surface area contributed by atoms with E-state index in [0.717, 1.165) is 24.6 Å². The first kappa shape index (κ1) is 20.2. The molecule has 0 bridgehead atoms. The van der Waals surface area contributed by atoms with Gasteiger partial charge >= 0.3 is 6.61 Å². The summed E-state index contributed by atoms with van der Waals surface area (Å²) in [5, 5.41) is 2.79. The van der Waals surface area contributed by atoms with Crippen molar-refractivity contribution in [1.82, 2.24) is 0 Å². The summed E-state index contributed by atoms with van der Waals surface area (Å²) in [4.78, 5) is 21.4. The minimum absolute atomic E-state index is 0.0264. The Morgan fingerprint density at radius 2 is 2.00 bits per heavy atom. The fourth-order valence-corrected chi connectivity index (χ4v) is 4.25. The van der Waals surface area contributed by atoms with Crippen molar-refractivity contribution in [1.29, 1.82) is 0 Å². The number of allylic oxidation sites excluding steroid dienone is 5. The average Bonchev–Trinajstić information content (AvgIpc) is 3.42. The third-order valence-electron chi connectivity index (χ3n) is 6.06. The molecule has 1 saturated carbocycles. The molecule has 3 heterocycles. The van der Waals surface area contributed by atoms with Crippen LogP contribution in [0.3, 0.4) is 0 Å². The van der Waals surface area contributed by atoms with Crippen LogP contribution < -0.4 is 15.8 Å².